The van der Waals surface area contributed by atoms with Crippen molar-refractivity contribution < 1.29 is 4.79 Å². The number of rotatable bonds is 5. The maximum atomic E-state index is 12.1. The van der Waals surface area contributed by atoms with Crippen molar-refractivity contribution in [1.82, 2.24) is 14.7 Å². The van der Waals surface area contributed by atoms with Crippen molar-refractivity contribution in [2.75, 3.05) is 6.54 Å². The average Bonchev–Trinajstić information content (AvgIpc) is 2.91. The number of thiazole rings is 1. The van der Waals surface area contributed by atoms with Crippen LogP contribution in [0.3, 0.4) is 0 Å². The molecule has 3 rings (SSSR count). The summed E-state index contributed by atoms with van der Waals surface area (Å²) in [5.74, 6) is -0.0166. The topological polar surface area (TPSA) is 63.5 Å². The van der Waals surface area contributed by atoms with Crippen LogP contribution in [0, 0.1) is 6.92 Å². The molecule has 0 radical (unpaired) electrons. The van der Waals surface area contributed by atoms with Gasteiger partial charge in [-0.1, -0.05) is 30.3 Å². The molecular weight excluding hydrogens is 310 g/mol. The Hall–Kier alpha value is -2.47. The van der Waals surface area contributed by atoms with E-state index in [1.54, 1.807) is 4.40 Å². The second-order valence-electron chi connectivity index (χ2n) is 5.34. The summed E-state index contributed by atoms with van der Waals surface area (Å²) >= 11 is 1.44. The molecule has 118 valence electrons. The van der Waals surface area contributed by atoms with Gasteiger partial charge in [-0.3, -0.25) is 14.0 Å². The number of hydrogen-bond donors (Lipinski definition) is 1. The maximum Gasteiger partial charge on any atom is 0.258 e. The minimum atomic E-state index is -0.0700. The standard InChI is InChI=1S/C17H17N3O2S/c1-12-9-16(22)20-14(11-23-17(20)19-12)7-8-18-15(21)10-13-5-3-2-4-6-13/h2-6,9,11H,7-8,10H2,1H3,(H,18,21). The Morgan fingerprint density at radius 3 is 2.87 bits per heavy atom. The monoisotopic (exact) mass is 327 g/mol. The third-order valence-electron chi connectivity index (χ3n) is 3.51. The first-order chi connectivity index (χ1) is 11.1. The molecule has 0 saturated heterocycles. The van der Waals surface area contributed by atoms with Gasteiger partial charge in [0.15, 0.2) is 4.96 Å². The van der Waals surface area contributed by atoms with E-state index in [1.165, 1.54) is 17.4 Å². The molecule has 2 aromatic heterocycles. The fourth-order valence-corrected chi connectivity index (χ4v) is 3.41. The molecule has 0 aliphatic carbocycles. The third kappa shape index (κ3) is 3.65. The van der Waals surface area contributed by atoms with E-state index in [4.69, 9.17) is 0 Å². The molecule has 0 unspecified atom stereocenters. The number of benzene rings is 1. The summed E-state index contributed by atoms with van der Waals surface area (Å²) in [4.78, 5) is 29.0. The van der Waals surface area contributed by atoms with E-state index in [0.717, 1.165) is 17.0 Å². The first-order valence-corrected chi connectivity index (χ1v) is 8.29. The molecule has 5 nitrogen and oxygen atoms in total. The zero-order valence-corrected chi connectivity index (χ0v) is 13.6. The van der Waals surface area contributed by atoms with Gasteiger partial charge in [0, 0.05) is 35.8 Å². The first-order valence-electron chi connectivity index (χ1n) is 7.41. The van der Waals surface area contributed by atoms with Gasteiger partial charge in [0.05, 0.1) is 6.42 Å². The molecule has 0 atom stereocenters. The Bertz CT molecular complexity index is 884. The van der Waals surface area contributed by atoms with Crippen LogP contribution in [0.25, 0.3) is 4.96 Å². The van der Waals surface area contributed by atoms with Crippen LogP contribution in [0.1, 0.15) is 17.0 Å². The highest BCUT2D eigenvalue weighted by molar-refractivity contribution is 7.15. The number of nitrogens with zero attached hydrogens (tertiary/aromatic N) is 2. The van der Waals surface area contributed by atoms with Gasteiger partial charge in [0.1, 0.15) is 0 Å². The van der Waals surface area contributed by atoms with Crippen molar-refractivity contribution in [2.45, 2.75) is 19.8 Å². The van der Waals surface area contributed by atoms with Gasteiger partial charge in [0.25, 0.3) is 5.56 Å². The van der Waals surface area contributed by atoms with Crippen LogP contribution in [-0.4, -0.2) is 21.8 Å². The number of nitrogens with one attached hydrogen (secondary N) is 1. The summed E-state index contributed by atoms with van der Waals surface area (Å²) in [6.45, 7) is 2.31. The molecule has 0 spiro atoms. The van der Waals surface area contributed by atoms with E-state index in [2.05, 4.69) is 10.3 Å². The quantitative estimate of drug-likeness (QED) is 0.779. The van der Waals surface area contributed by atoms with Crippen LogP contribution in [0.4, 0.5) is 0 Å². The van der Waals surface area contributed by atoms with Crippen molar-refractivity contribution in [3.05, 3.63) is 69.1 Å². The van der Waals surface area contributed by atoms with Gasteiger partial charge in [-0.25, -0.2) is 4.98 Å². The number of aryl methyl sites for hydroxylation is 1. The lowest BCUT2D eigenvalue weighted by molar-refractivity contribution is -0.120. The molecule has 1 aromatic carbocycles. The zero-order valence-electron chi connectivity index (χ0n) is 12.8. The predicted octanol–water partition coefficient (Wildman–Crippen LogP) is 1.97. The van der Waals surface area contributed by atoms with E-state index in [-0.39, 0.29) is 11.5 Å². The Morgan fingerprint density at radius 2 is 2.09 bits per heavy atom. The zero-order chi connectivity index (χ0) is 16.2. The van der Waals surface area contributed by atoms with Crippen molar-refractivity contribution in [1.29, 1.82) is 0 Å². The molecule has 0 aliphatic rings. The van der Waals surface area contributed by atoms with Crippen molar-refractivity contribution in [3.8, 4) is 0 Å². The van der Waals surface area contributed by atoms with E-state index in [1.807, 2.05) is 42.6 Å². The molecular formula is C17H17N3O2S. The van der Waals surface area contributed by atoms with Crippen molar-refractivity contribution >= 4 is 22.2 Å². The Balaban J connectivity index is 1.61. The molecule has 1 N–H and O–H groups in total. The number of carbonyl (C=O) groups is 1. The fourth-order valence-electron chi connectivity index (χ4n) is 2.43. The minimum absolute atomic E-state index is 0.0166. The molecule has 2 heterocycles. The molecule has 23 heavy (non-hydrogen) atoms. The maximum absolute atomic E-state index is 12.1. The third-order valence-corrected chi connectivity index (χ3v) is 4.39. The summed E-state index contributed by atoms with van der Waals surface area (Å²) in [7, 11) is 0. The number of fused-ring (bicyclic) bond motifs is 1. The lowest BCUT2D eigenvalue weighted by Gasteiger charge is -2.05. The number of hydrogen-bond acceptors (Lipinski definition) is 4. The van der Waals surface area contributed by atoms with Crippen LogP contribution in [0.5, 0.6) is 0 Å². The largest absolute Gasteiger partial charge is 0.355 e. The summed E-state index contributed by atoms with van der Waals surface area (Å²) in [6, 6.07) is 11.1. The van der Waals surface area contributed by atoms with Crippen LogP contribution < -0.4 is 10.9 Å². The van der Waals surface area contributed by atoms with E-state index < -0.39 is 0 Å². The van der Waals surface area contributed by atoms with E-state index in [9.17, 15) is 9.59 Å². The lowest BCUT2D eigenvalue weighted by Crippen LogP contribution is -2.28. The van der Waals surface area contributed by atoms with Gasteiger partial charge >= 0.3 is 0 Å². The Labute approximate surface area is 137 Å². The molecule has 0 fully saturated rings. The van der Waals surface area contributed by atoms with Gasteiger partial charge in [-0.05, 0) is 12.5 Å². The predicted molar refractivity (Wildman–Crippen MR) is 90.9 cm³/mol. The van der Waals surface area contributed by atoms with Gasteiger partial charge < -0.3 is 5.32 Å². The lowest BCUT2D eigenvalue weighted by atomic mass is 10.1. The molecule has 0 aliphatic heterocycles. The van der Waals surface area contributed by atoms with Crippen molar-refractivity contribution in [3.63, 3.8) is 0 Å². The van der Waals surface area contributed by atoms with Crippen molar-refractivity contribution in [2.24, 2.45) is 0 Å². The normalized spacial score (nSPS) is 10.8. The minimum Gasteiger partial charge on any atom is -0.355 e. The molecule has 1 amide bonds. The molecule has 0 bridgehead atoms. The van der Waals surface area contributed by atoms with Gasteiger partial charge in [-0.2, -0.15) is 0 Å². The molecule has 0 saturated carbocycles. The van der Waals surface area contributed by atoms with Gasteiger partial charge in [0.2, 0.25) is 5.91 Å². The Morgan fingerprint density at radius 1 is 1.30 bits per heavy atom. The number of aromatic nitrogens is 2. The highest BCUT2D eigenvalue weighted by Gasteiger charge is 2.08. The fraction of sp³-hybridized carbons (Fsp3) is 0.235. The summed E-state index contributed by atoms with van der Waals surface area (Å²) in [5.41, 5.74) is 2.52. The summed E-state index contributed by atoms with van der Waals surface area (Å²) < 4.78 is 1.61. The van der Waals surface area contributed by atoms with Gasteiger partial charge in [-0.15, -0.1) is 11.3 Å². The van der Waals surface area contributed by atoms with Crippen LogP contribution in [-0.2, 0) is 17.6 Å². The number of amides is 1. The highest BCUT2D eigenvalue weighted by atomic mass is 32.1. The summed E-state index contributed by atoms with van der Waals surface area (Å²) in [6.07, 6.45) is 0.969. The summed E-state index contributed by atoms with van der Waals surface area (Å²) in [5, 5.41) is 4.82. The number of carbonyl (C=O) groups excluding carboxylic acids is 1. The molecule has 3 aromatic rings. The second kappa shape index (κ2) is 6.75. The van der Waals surface area contributed by atoms with E-state index in [0.29, 0.717) is 24.3 Å². The van der Waals surface area contributed by atoms with E-state index >= 15 is 0 Å². The van der Waals surface area contributed by atoms with Crippen LogP contribution in [0.2, 0.25) is 0 Å². The first kappa shape index (κ1) is 15.4. The average molecular weight is 327 g/mol. The van der Waals surface area contributed by atoms with Crippen LogP contribution in [0.15, 0.2) is 46.6 Å². The Kier molecular flexibility index (Phi) is 4.52. The smallest absolute Gasteiger partial charge is 0.258 e. The molecule has 6 heteroatoms. The SMILES string of the molecule is Cc1cc(=O)n2c(CCNC(=O)Cc3ccccc3)csc2n1. The second-order valence-corrected chi connectivity index (χ2v) is 6.18. The van der Waals surface area contributed by atoms with Crippen LogP contribution >= 0.6 is 11.3 Å². The highest BCUT2D eigenvalue weighted by Crippen LogP contribution is 2.12.